The number of hydrogen-bond acceptors (Lipinski definition) is 4. The Bertz CT molecular complexity index is 435. The van der Waals surface area contributed by atoms with E-state index in [0.29, 0.717) is 19.4 Å². The molecule has 0 radical (unpaired) electrons. The first-order valence-electron chi connectivity index (χ1n) is 9.41. The lowest BCUT2D eigenvalue weighted by Gasteiger charge is -2.42. The fourth-order valence-electron chi connectivity index (χ4n) is 3.19. The number of rotatable bonds is 10. The highest BCUT2D eigenvalue weighted by molar-refractivity contribution is 5.81. The summed E-state index contributed by atoms with van der Waals surface area (Å²) in [5.41, 5.74) is -0.578. The minimum Gasteiger partial charge on any atom is -0.457 e. The molecule has 0 aliphatic carbocycles. The molecule has 1 rings (SSSR count). The molecule has 1 amide bonds. The third-order valence-corrected chi connectivity index (χ3v) is 4.79. The molecule has 0 bridgehead atoms. The zero-order chi connectivity index (χ0) is 18.0. The Morgan fingerprint density at radius 3 is 2.42 bits per heavy atom. The molecular formula is C19H33NO4. The van der Waals surface area contributed by atoms with Crippen molar-refractivity contribution in [1.82, 2.24) is 4.90 Å². The van der Waals surface area contributed by atoms with Crippen LogP contribution in [0.2, 0.25) is 0 Å². The summed E-state index contributed by atoms with van der Waals surface area (Å²) in [7, 11) is 0. The van der Waals surface area contributed by atoms with E-state index in [9.17, 15) is 14.4 Å². The molecule has 0 N–H and O–H groups in total. The summed E-state index contributed by atoms with van der Waals surface area (Å²) in [4.78, 5) is 37.3. The topological polar surface area (TPSA) is 63.7 Å². The summed E-state index contributed by atoms with van der Waals surface area (Å²) in [6.45, 7) is 6.86. The van der Waals surface area contributed by atoms with Crippen molar-refractivity contribution in [1.29, 1.82) is 0 Å². The number of ether oxygens (including phenoxy) is 1. The van der Waals surface area contributed by atoms with Gasteiger partial charge in [-0.1, -0.05) is 33.1 Å². The van der Waals surface area contributed by atoms with Crippen molar-refractivity contribution in [2.45, 2.75) is 90.6 Å². The van der Waals surface area contributed by atoms with Crippen LogP contribution in [0, 0.1) is 0 Å². The number of unbranched alkanes of at least 4 members (excludes halogenated alkanes) is 3. The second-order valence-electron chi connectivity index (χ2n) is 6.94. The van der Waals surface area contributed by atoms with E-state index in [1.807, 2.05) is 11.8 Å². The summed E-state index contributed by atoms with van der Waals surface area (Å²) >= 11 is 0. The molecule has 24 heavy (non-hydrogen) atoms. The van der Waals surface area contributed by atoms with Gasteiger partial charge in [-0.15, -0.1) is 0 Å². The van der Waals surface area contributed by atoms with Gasteiger partial charge in [0.15, 0.2) is 0 Å². The summed E-state index contributed by atoms with van der Waals surface area (Å²) < 4.78 is 5.72. The third-order valence-electron chi connectivity index (χ3n) is 4.79. The number of nitrogens with zero attached hydrogens (tertiary/aromatic N) is 1. The van der Waals surface area contributed by atoms with Gasteiger partial charge in [-0.05, 0) is 32.6 Å². The molecule has 138 valence electrons. The number of amides is 1. The van der Waals surface area contributed by atoms with E-state index in [4.69, 9.17) is 4.74 Å². The SMILES string of the molecule is CCCCCCC(=O)N1CCCC(CC)(OC(=O)CCC(C)=O)C1. The maximum atomic E-state index is 12.4. The summed E-state index contributed by atoms with van der Waals surface area (Å²) in [5, 5.41) is 0. The second kappa shape index (κ2) is 10.5. The number of esters is 1. The minimum absolute atomic E-state index is 0.00924. The van der Waals surface area contributed by atoms with Crippen LogP contribution < -0.4 is 0 Å². The molecule has 0 aromatic carbocycles. The van der Waals surface area contributed by atoms with E-state index in [1.54, 1.807) is 0 Å². The molecule has 1 atom stereocenters. The summed E-state index contributed by atoms with van der Waals surface area (Å²) in [5.74, 6) is -0.169. The summed E-state index contributed by atoms with van der Waals surface area (Å²) in [6.07, 6.45) is 7.61. The van der Waals surface area contributed by atoms with Crippen molar-refractivity contribution in [3.8, 4) is 0 Å². The Morgan fingerprint density at radius 1 is 1.04 bits per heavy atom. The first-order chi connectivity index (χ1) is 11.4. The monoisotopic (exact) mass is 339 g/mol. The number of likely N-dealkylation sites (tertiary alicyclic amines) is 1. The molecule has 5 nitrogen and oxygen atoms in total. The number of ketones is 1. The molecule has 0 aromatic heterocycles. The maximum Gasteiger partial charge on any atom is 0.306 e. The number of carbonyl (C=O) groups is 3. The quantitative estimate of drug-likeness (QED) is 0.450. The average molecular weight is 339 g/mol. The standard InChI is InChI=1S/C19H33NO4/c1-4-6-7-8-10-17(22)20-14-9-13-19(5-2,15-20)24-18(23)12-11-16(3)21/h4-15H2,1-3H3. The second-order valence-corrected chi connectivity index (χ2v) is 6.94. The Morgan fingerprint density at radius 2 is 1.79 bits per heavy atom. The number of carbonyl (C=O) groups excluding carboxylic acids is 3. The Balaban J connectivity index is 2.54. The van der Waals surface area contributed by atoms with Crippen molar-refractivity contribution in [2.75, 3.05) is 13.1 Å². The Kier molecular flexibility index (Phi) is 9.01. The zero-order valence-corrected chi connectivity index (χ0v) is 15.6. The maximum absolute atomic E-state index is 12.4. The fourth-order valence-corrected chi connectivity index (χ4v) is 3.19. The first-order valence-corrected chi connectivity index (χ1v) is 9.41. The number of hydrogen-bond donors (Lipinski definition) is 0. The van der Waals surface area contributed by atoms with Crippen LogP contribution in [-0.2, 0) is 19.1 Å². The van der Waals surface area contributed by atoms with Gasteiger partial charge in [0.05, 0.1) is 13.0 Å². The highest BCUT2D eigenvalue weighted by atomic mass is 16.6. The lowest BCUT2D eigenvalue weighted by Crippen LogP contribution is -2.52. The predicted molar refractivity (Wildman–Crippen MR) is 93.6 cm³/mol. The van der Waals surface area contributed by atoms with E-state index >= 15 is 0 Å². The largest absolute Gasteiger partial charge is 0.457 e. The van der Waals surface area contributed by atoms with Gasteiger partial charge in [0.1, 0.15) is 11.4 Å². The van der Waals surface area contributed by atoms with E-state index in [0.717, 1.165) is 38.6 Å². The van der Waals surface area contributed by atoms with E-state index in [1.165, 1.54) is 13.3 Å². The van der Waals surface area contributed by atoms with Crippen molar-refractivity contribution in [3.05, 3.63) is 0 Å². The van der Waals surface area contributed by atoms with Gasteiger partial charge in [-0.2, -0.15) is 0 Å². The molecule has 1 fully saturated rings. The molecular weight excluding hydrogens is 306 g/mol. The summed E-state index contributed by atoms with van der Waals surface area (Å²) in [6, 6.07) is 0. The normalized spacial score (nSPS) is 20.7. The van der Waals surface area contributed by atoms with E-state index in [2.05, 4.69) is 6.92 Å². The smallest absolute Gasteiger partial charge is 0.306 e. The van der Waals surface area contributed by atoms with Crippen molar-refractivity contribution in [3.63, 3.8) is 0 Å². The van der Waals surface area contributed by atoms with Crippen LogP contribution in [0.5, 0.6) is 0 Å². The van der Waals surface area contributed by atoms with Gasteiger partial charge in [-0.25, -0.2) is 0 Å². The predicted octanol–water partition coefficient (Wildman–Crippen LogP) is 3.64. The van der Waals surface area contributed by atoms with Gasteiger partial charge in [0.25, 0.3) is 0 Å². The molecule has 0 saturated carbocycles. The van der Waals surface area contributed by atoms with E-state index < -0.39 is 5.60 Å². The fraction of sp³-hybridized carbons (Fsp3) is 0.842. The van der Waals surface area contributed by atoms with Gasteiger partial charge in [0.2, 0.25) is 5.91 Å². The lowest BCUT2D eigenvalue weighted by molar-refractivity contribution is -0.170. The number of piperidine rings is 1. The van der Waals surface area contributed by atoms with Crippen molar-refractivity contribution >= 4 is 17.7 Å². The van der Waals surface area contributed by atoms with Gasteiger partial charge < -0.3 is 14.4 Å². The van der Waals surface area contributed by atoms with Crippen LogP contribution in [0.3, 0.4) is 0 Å². The minimum atomic E-state index is -0.578. The van der Waals surface area contributed by atoms with Gasteiger partial charge >= 0.3 is 5.97 Å². The third kappa shape index (κ3) is 7.02. The first kappa shape index (κ1) is 20.7. The van der Waals surface area contributed by atoms with Crippen LogP contribution in [0.1, 0.15) is 85.0 Å². The molecule has 0 aromatic rings. The van der Waals surface area contributed by atoms with Gasteiger partial charge in [-0.3, -0.25) is 9.59 Å². The van der Waals surface area contributed by atoms with Gasteiger partial charge in [0, 0.05) is 19.4 Å². The van der Waals surface area contributed by atoms with Crippen LogP contribution in [0.4, 0.5) is 0 Å². The van der Waals surface area contributed by atoms with Crippen LogP contribution in [0.25, 0.3) is 0 Å². The molecule has 1 saturated heterocycles. The molecule has 1 unspecified atom stereocenters. The van der Waals surface area contributed by atoms with Crippen LogP contribution in [0.15, 0.2) is 0 Å². The van der Waals surface area contributed by atoms with Crippen molar-refractivity contribution < 1.29 is 19.1 Å². The van der Waals surface area contributed by atoms with Crippen molar-refractivity contribution in [2.24, 2.45) is 0 Å². The highest BCUT2D eigenvalue weighted by Gasteiger charge is 2.38. The lowest BCUT2D eigenvalue weighted by atomic mass is 9.89. The molecule has 5 heteroatoms. The Hall–Kier alpha value is -1.39. The average Bonchev–Trinajstić information content (AvgIpc) is 2.57. The Labute approximate surface area is 146 Å². The van der Waals surface area contributed by atoms with E-state index in [-0.39, 0.29) is 30.5 Å². The highest BCUT2D eigenvalue weighted by Crippen LogP contribution is 2.29. The van der Waals surface area contributed by atoms with Crippen LogP contribution >= 0.6 is 0 Å². The molecule has 1 aliphatic rings. The van der Waals surface area contributed by atoms with Crippen LogP contribution in [-0.4, -0.2) is 41.3 Å². The zero-order valence-electron chi connectivity index (χ0n) is 15.6. The molecule has 1 aliphatic heterocycles. The molecule has 0 spiro atoms. The molecule has 1 heterocycles. The number of Topliss-reactive ketones (excluding diaryl/α,β-unsaturated/α-hetero) is 1.